The normalized spacial score (nSPS) is 18.9. The second kappa shape index (κ2) is 3.97. The van der Waals surface area contributed by atoms with E-state index >= 15 is 0 Å². The minimum Gasteiger partial charge on any atom is -0.392 e. The molecule has 84 valence electrons. The summed E-state index contributed by atoms with van der Waals surface area (Å²) in [7, 11) is 1.96. The molecular weight excluding hydrogens is 188 g/mol. The third kappa shape index (κ3) is 1.93. The molecule has 0 amide bonds. The number of aryl methyl sites for hydroxylation is 2. The topological polar surface area (TPSA) is 38.0 Å². The fourth-order valence-corrected chi connectivity index (χ4v) is 2.31. The van der Waals surface area contributed by atoms with Crippen molar-refractivity contribution >= 4 is 0 Å². The van der Waals surface area contributed by atoms with Crippen LogP contribution in [0.1, 0.15) is 36.2 Å². The van der Waals surface area contributed by atoms with Gasteiger partial charge < -0.3 is 5.11 Å². The maximum atomic E-state index is 10.0. The number of nitrogens with zero attached hydrogens (tertiary/aromatic N) is 2. The minimum absolute atomic E-state index is 0.166. The van der Waals surface area contributed by atoms with E-state index in [1.165, 1.54) is 30.5 Å². The molecule has 15 heavy (non-hydrogen) atoms. The van der Waals surface area contributed by atoms with E-state index in [2.05, 4.69) is 12.0 Å². The lowest BCUT2D eigenvalue weighted by Crippen LogP contribution is -2.28. The van der Waals surface area contributed by atoms with Crippen LogP contribution in [0.3, 0.4) is 0 Å². The first-order chi connectivity index (χ1) is 7.09. The van der Waals surface area contributed by atoms with Crippen LogP contribution in [0.5, 0.6) is 0 Å². The fourth-order valence-electron chi connectivity index (χ4n) is 2.31. The molecule has 0 radical (unpaired) electrons. The zero-order valence-electron chi connectivity index (χ0n) is 9.82. The van der Waals surface area contributed by atoms with Gasteiger partial charge >= 0.3 is 0 Å². The number of aliphatic hydroxyl groups is 1. The molecule has 1 atom stereocenters. The Labute approximate surface area is 91.1 Å². The molecule has 3 heteroatoms. The summed E-state index contributed by atoms with van der Waals surface area (Å²) in [6.45, 7) is 4.10. The van der Waals surface area contributed by atoms with Crippen molar-refractivity contribution < 1.29 is 5.11 Å². The first kappa shape index (κ1) is 10.7. The van der Waals surface area contributed by atoms with E-state index in [1.54, 1.807) is 0 Å². The number of aromatic nitrogens is 2. The monoisotopic (exact) mass is 208 g/mol. The highest BCUT2D eigenvalue weighted by Gasteiger charge is 2.27. The van der Waals surface area contributed by atoms with E-state index in [-0.39, 0.29) is 6.10 Å². The Morgan fingerprint density at radius 3 is 2.53 bits per heavy atom. The lowest BCUT2D eigenvalue weighted by molar-refractivity contribution is 0.0627. The Kier molecular flexibility index (Phi) is 2.83. The summed E-state index contributed by atoms with van der Waals surface area (Å²) in [5, 5.41) is 14.4. The second-order valence-corrected chi connectivity index (χ2v) is 4.74. The first-order valence-corrected chi connectivity index (χ1v) is 5.76. The zero-order valence-corrected chi connectivity index (χ0v) is 9.82. The standard InChI is InChI=1S/C12H20N2O/c1-8-11(9(2)14(3)13-8)7-12(15)10-5-4-6-10/h10,12,15H,4-7H2,1-3H3. The molecule has 3 nitrogen and oxygen atoms in total. The van der Waals surface area contributed by atoms with Gasteiger partial charge in [-0.3, -0.25) is 4.68 Å². The molecule has 0 saturated heterocycles. The van der Waals surface area contributed by atoms with E-state index in [0.29, 0.717) is 5.92 Å². The Balaban J connectivity index is 2.09. The van der Waals surface area contributed by atoms with Gasteiger partial charge in [0.15, 0.2) is 0 Å². The fraction of sp³-hybridized carbons (Fsp3) is 0.750. The average Bonchev–Trinajstić information content (AvgIpc) is 2.29. The molecular formula is C12H20N2O. The van der Waals surface area contributed by atoms with E-state index in [4.69, 9.17) is 0 Å². The van der Waals surface area contributed by atoms with Crippen LogP contribution < -0.4 is 0 Å². The first-order valence-electron chi connectivity index (χ1n) is 5.76. The van der Waals surface area contributed by atoms with Gasteiger partial charge in [-0.15, -0.1) is 0 Å². The summed E-state index contributed by atoms with van der Waals surface area (Å²) in [6.07, 6.45) is 4.28. The molecule has 0 aliphatic heterocycles. The largest absolute Gasteiger partial charge is 0.392 e. The van der Waals surface area contributed by atoms with Crippen molar-refractivity contribution in [1.82, 2.24) is 9.78 Å². The van der Waals surface area contributed by atoms with Crippen LogP contribution in [0, 0.1) is 19.8 Å². The van der Waals surface area contributed by atoms with Gasteiger partial charge in [0.05, 0.1) is 11.8 Å². The quantitative estimate of drug-likeness (QED) is 0.821. The number of rotatable bonds is 3. The SMILES string of the molecule is Cc1nn(C)c(C)c1CC(O)C1CCC1. The number of hydrogen-bond acceptors (Lipinski definition) is 2. The van der Waals surface area contributed by atoms with Crippen LogP contribution in [0.2, 0.25) is 0 Å². The Bertz CT molecular complexity index is 353. The third-order valence-corrected chi connectivity index (χ3v) is 3.77. The van der Waals surface area contributed by atoms with Crippen molar-refractivity contribution in [3.63, 3.8) is 0 Å². The van der Waals surface area contributed by atoms with E-state index in [0.717, 1.165) is 12.1 Å². The lowest BCUT2D eigenvalue weighted by atomic mass is 9.79. The van der Waals surface area contributed by atoms with Crippen molar-refractivity contribution in [1.29, 1.82) is 0 Å². The van der Waals surface area contributed by atoms with Crippen molar-refractivity contribution in [2.75, 3.05) is 0 Å². The Morgan fingerprint density at radius 2 is 2.13 bits per heavy atom. The van der Waals surface area contributed by atoms with Gasteiger partial charge in [-0.05, 0) is 38.2 Å². The van der Waals surface area contributed by atoms with Gasteiger partial charge in [0, 0.05) is 19.2 Å². The van der Waals surface area contributed by atoms with Crippen LogP contribution in [0.25, 0.3) is 0 Å². The summed E-state index contributed by atoms with van der Waals surface area (Å²) < 4.78 is 1.90. The second-order valence-electron chi connectivity index (χ2n) is 4.74. The molecule has 1 heterocycles. The summed E-state index contributed by atoms with van der Waals surface area (Å²) in [6, 6.07) is 0. The highest BCUT2D eigenvalue weighted by molar-refractivity contribution is 5.25. The van der Waals surface area contributed by atoms with E-state index < -0.39 is 0 Å². The molecule has 2 rings (SSSR count). The molecule has 0 aromatic carbocycles. The highest BCUT2D eigenvalue weighted by Crippen LogP contribution is 2.31. The van der Waals surface area contributed by atoms with Crippen molar-refractivity contribution in [3.8, 4) is 0 Å². The summed E-state index contributed by atoms with van der Waals surface area (Å²) >= 11 is 0. The van der Waals surface area contributed by atoms with Gasteiger partial charge in [-0.1, -0.05) is 6.42 Å². The lowest BCUT2D eigenvalue weighted by Gasteiger charge is -2.30. The maximum absolute atomic E-state index is 10.0. The maximum Gasteiger partial charge on any atom is 0.0629 e. The smallest absolute Gasteiger partial charge is 0.0629 e. The molecule has 1 aliphatic rings. The highest BCUT2D eigenvalue weighted by atomic mass is 16.3. The van der Waals surface area contributed by atoms with Gasteiger partial charge in [-0.2, -0.15) is 5.10 Å². The predicted molar refractivity (Wildman–Crippen MR) is 59.7 cm³/mol. The summed E-state index contributed by atoms with van der Waals surface area (Å²) in [4.78, 5) is 0. The Morgan fingerprint density at radius 1 is 1.47 bits per heavy atom. The predicted octanol–water partition coefficient (Wildman–Crippen LogP) is 1.74. The summed E-state index contributed by atoms with van der Waals surface area (Å²) in [5.74, 6) is 0.531. The molecule has 1 aliphatic carbocycles. The van der Waals surface area contributed by atoms with Crippen molar-refractivity contribution in [2.24, 2.45) is 13.0 Å². The van der Waals surface area contributed by atoms with Gasteiger partial charge in [-0.25, -0.2) is 0 Å². The van der Waals surface area contributed by atoms with Crippen molar-refractivity contribution in [2.45, 2.75) is 45.6 Å². The molecule has 1 unspecified atom stereocenters. The van der Waals surface area contributed by atoms with Crippen LogP contribution in [-0.2, 0) is 13.5 Å². The van der Waals surface area contributed by atoms with Gasteiger partial charge in [0.1, 0.15) is 0 Å². The molecule has 0 bridgehead atoms. The van der Waals surface area contributed by atoms with Crippen LogP contribution >= 0.6 is 0 Å². The average molecular weight is 208 g/mol. The molecule has 1 saturated carbocycles. The zero-order chi connectivity index (χ0) is 11.0. The molecule has 1 fully saturated rings. The van der Waals surface area contributed by atoms with Crippen LogP contribution in [0.15, 0.2) is 0 Å². The Hall–Kier alpha value is -0.830. The minimum atomic E-state index is -0.166. The summed E-state index contributed by atoms with van der Waals surface area (Å²) in [5.41, 5.74) is 3.48. The van der Waals surface area contributed by atoms with E-state index in [1.807, 2.05) is 18.7 Å². The van der Waals surface area contributed by atoms with Gasteiger partial charge in [0.25, 0.3) is 0 Å². The number of aliphatic hydroxyl groups excluding tert-OH is 1. The third-order valence-electron chi connectivity index (χ3n) is 3.77. The van der Waals surface area contributed by atoms with Crippen molar-refractivity contribution in [3.05, 3.63) is 17.0 Å². The van der Waals surface area contributed by atoms with E-state index in [9.17, 15) is 5.11 Å². The molecule has 1 N–H and O–H groups in total. The number of hydrogen-bond donors (Lipinski definition) is 1. The van der Waals surface area contributed by atoms with Gasteiger partial charge in [0.2, 0.25) is 0 Å². The van der Waals surface area contributed by atoms with Crippen LogP contribution in [-0.4, -0.2) is 21.0 Å². The van der Waals surface area contributed by atoms with Crippen LogP contribution in [0.4, 0.5) is 0 Å². The molecule has 0 spiro atoms. The molecule has 1 aromatic rings. The molecule has 1 aromatic heterocycles.